The molecule has 0 bridgehead atoms. The Morgan fingerprint density at radius 3 is 2.33 bits per heavy atom. The molecule has 2 aliphatic rings. The Bertz CT molecular complexity index is 183. The summed E-state index contributed by atoms with van der Waals surface area (Å²) in [6.45, 7) is 0. The van der Waals surface area contributed by atoms with E-state index in [1.165, 1.54) is 44.3 Å². The highest BCUT2D eigenvalue weighted by molar-refractivity contribution is 8.23. The summed E-state index contributed by atoms with van der Waals surface area (Å²) in [5, 5.41) is 3.50. The number of hydrogen-bond acceptors (Lipinski definition) is 2. The van der Waals surface area contributed by atoms with Gasteiger partial charge in [-0.15, -0.1) is 0 Å². The maximum Gasteiger partial charge on any atom is 0.134 e. The number of thioether (sulfide) groups is 1. The molecule has 0 amide bonds. The molecular weight excluding hydrogens is 186 g/mol. The lowest BCUT2D eigenvalue weighted by molar-refractivity contribution is 0.384. The first kappa shape index (κ1) is 8.82. The van der Waals surface area contributed by atoms with Crippen LogP contribution in [0.25, 0.3) is 0 Å². The molecule has 0 aromatic carbocycles. The van der Waals surface area contributed by atoms with Crippen LogP contribution in [-0.2, 0) is 0 Å². The van der Waals surface area contributed by atoms with Crippen molar-refractivity contribution >= 4 is 28.3 Å². The summed E-state index contributed by atoms with van der Waals surface area (Å²) >= 11 is 7.00. The van der Waals surface area contributed by atoms with E-state index in [-0.39, 0.29) is 0 Å². The zero-order chi connectivity index (χ0) is 8.44. The molecule has 0 unspecified atom stereocenters. The quantitative estimate of drug-likeness (QED) is 0.605. The van der Waals surface area contributed by atoms with Crippen molar-refractivity contribution in [1.82, 2.24) is 5.32 Å². The zero-order valence-electron chi connectivity index (χ0n) is 7.27. The SMILES string of the molecule is S=C1NC2(CCCCCC2)CS1. The van der Waals surface area contributed by atoms with E-state index < -0.39 is 0 Å². The Kier molecular flexibility index (Phi) is 2.60. The fourth-order valence-electron chi connectivity index (χ4n) is 2.17. The highest BCUT2D eigenvalue weighted by atomic mass is 32.2. The molecule has 2 fully saturated rings. The third kappa shape index (κ3) is 1.77. The van der Waals surface area contributed by atoms with Crippen molar-refractivity contribution in [3.8, 4) is 0 Å². The van der Waals surface area contributed by atoms with E-state index in [1.807, 2.05) is 11.8 Å². The molecule has 1 N–H and O–H groups in total. The van der Waals surface area contributed by atoms with Crippen LogP contribution >= 0.6 is 24.0 Å². The maximum absolute atomic E-state index is 5.17. The third-order valence-electron chi connectivity index (χ3n) is 2.91. The lowest BCUT2D eigenvalue weighted by Gasteiger charge is -2.26. The van der Waals surface area contributed by atoms with E-state index in [0.29, 0.717) is 5.54 Å². The highest BCUT2D eigenvalue weighted by Crippen LogP contribution is 2.34. The molecule has 2 rings (SSSR count). The molecule has 1 heterocycles. The van der Waals surface area contributed by atoms with Crippen molar-refractivity contribution in [1.29, 1.82) is 0 Å². The second-order valence-corrected chi connectivity index (χ2v) is 5.55. The van der Waals surface area contributed by atoms with Crippen LogP contribution in [0.5, 0.6) is 0 Å². The van der Waals surface area contributed by atoms with E-state index >= 15 is 0 Å². The van der Waals surface area contributed by atoms with Crippen molar-refractivity contribution in [2.45, 2.75) is 44.1 Å². The van der Waals surface area contributed by atoms with E-state index in [9.17, 15) is 0 Å². The van der Waals surface area contributed by atoms with Crippen LogP contribution in [0.15, 0.2) is 0 Å². The van der Waals surface area contributed by atoms with E-state index in [2.05, 4.69) is 5.32 Å². The molecule has 1 saturated carbocycles. The second-order valence-electron chi connectivity index (χ2n) is 3.90. The molecule has 0 atom stereocenters. The minimum absolute atomic E-state index is 0.401. The number of hydrogen-bond donors (Lipinski definition) is 1. The van der Waals surface area contributed by atoms with Crippen LogP contribution in [0.2, 0.25) is 0 Å². The Balaban J connectivity index is 2.03. The van der Waals surface area contributed by atoms with Gasteiger partial charge in [0.1, 0.15) is 4.32 Å². The van der Waals surface area contributed by atoms with E-state index in [0.717, 1.165) is 4.32 Å². The summed E-state index contributed by atoms with van der Waals surface area (Å²) in [5.74, 6) is 1.21. The molecule has 1 aliphatic heterocycles. The van der Waals surface area contributed by atoms with Crippen LogP contribution in [0.1, 0.15) is 38.5 Å². The average molecular weight is 201 g/mol. The fraction of sp³-hybridized carbons (Fsp3) is 0.889. The van der Waals surface area contributed by atoms with Crippen LogP contribution in [-0.4, -0.2) is 15.6 Å². The first-order valence-corrected chi connectivity index (χ1v) is 6.15. The molecule has 68 valence electrons. The van der Waals surface area contributed by atoms with Gasteiger partial charge in [-0.1, -0.05) is 49.7 Å². The predicted octanol–water partition coefficient (Wildman–Crippen LogP) is 2.70. The van der Waals surface area contributed by atoms with Gasteiger partial charge in [0.15, 0.2) is 0 Å². The molecule has 1 spiro atoms. The van der Waals surface area contributed by atoms with Crippen LogP contribution < -0.4 is 5.32 Å². The Morgan fingerprint density at radius 1 is 1.17 bits per heavy atom. The first-order valence-electron chi connectivity index (χ1n) is 4.76. The lowest BCUT2D eigenvalue weighted by atomic mass is 9.93. The molecule has 0 aromatic rings. The van der Waals surface area contributed by atoms with Gasteiger partial charge in [-0.3, -0.25) is 0 Å². The fourth-order valence-corrected chi connectivity index (χ4v) is 3.62. The molecule has 1 saturated heterocycles. The number of nitrogens with one attached hydrogen (secondary N) is 1. The van der Waals surface area contributed by atoms with Gasteiger partial charge in [0.25, 0.3) is 0 Å². The molecule has 1 nitrogen and oxygen atoms in total. The third-order valence-corrected chi connectivity index (χ3v) is 4.42. The van der Waals surface area contributed by atoms with E-state index in [1.54, 1.807) is 0 Å². The Labute approximate surface area is 83.7 Å². The smallest absolute Gasteiger partial charge is 0.134 e. The largest absolute Gasteiger partial charge is 0.365 e. The summed E-state index contributed by atoms with van der Waals surface area (Å²) in [5.41, 5.74) is 0.401. The molecular formula is C9H15NS2. The predicted molar refractivity (Wildman–Crippen MR) is 58.6 cm³/mol. The minimum atomic E-state index is 0.401. The molecule has 3 heteroatoms. The second kappa shape index (κ2) is 3.54. The van der Waals surface area contributed by atoms with Gasteiger partial charge in [-0.25, -0.2) is 0 Å². The Hall–Kier alpha value is 0.240. The summed E-state index contributed by atoms with van der Waals surface area (Å²) in [6.07, 6.45) is 8.27. The summed E-state index contributed by atoms with van der Waals surface area (Å²) in [6, 6.07) is 0. The lowest BCUT2D eigenvalue weighted by Crippen LogP contribution is -2.42. The summed E-state index contributed by atoms with van der Waals surface area (Å²) < 4.78 is 1.02. The molecule has 1 aliphatic carbocycles. The normalized spacial score (nSPS) is 28.5. The monoisotopic (exact) mass is 201 g/mol. The van der Waals surface area contributed by atoms with Crippen molar-refractivity contribution in [3.05, 3.63) is 0 Å². The van der Waals surface area contributed by atoms with Gasteiger partial charge in [-0.2, -0.15) is 0 Å². The van der Waals surface area contributed by atoms with Crippen LogP contribution in [0.4, 0.5) is 0 Å². The molecule has 0 radical (unpaired) electrons. The van der Waals surface area contributed by atoms with Crippen molar-refractivity contribution in [2.75, 3.05) is 5.75 Å². The van der Waals surface area contributed by atoms with Gasteiger partial charge in [0.05, 0.1) is 0 Å². The van der Waals surface area contributed by atoms with Gasteiger partial charge in [0.2, 0.25) is 0 Å². The van der Waals surface area contributed by atoms with Crippen molar-refractivity contribution < 1.29 is 0 Å². The first-order chi connectivity index (χ1) is 5.81. The zero-order valence-corrected chi connectivity index (χ0v) is 8.90. The Morgan fingerprint density at radius 2 is 1.83 bits per heavy atom. The van der Waals surface area contributed by atoms with E-state index in [4.69, 9.17) is 12.2 Å². The average Bonchev–Trinajstić information content (AvgIpc) is 2.30. The van der Waals surface area contributed by atoms with Gasteiger partial charge in [-0.05, 0) is 12.8 Å². The van der Waals surface area contributed by atoms with Gasteiger partial charge in [0, 0.05) is 11.3 Å². The van der Waals surface area contributed by atoms with Crippen molar-refractivity contribution in [2.24, 2.45) is 0 Å². The maximum atomic E-state index is 5.17. The standard InChI is InChI=1S/C9H15NS2/c11-8-10-9(7-12-8)5-3-1-2-4-6-9/h1-7H2,(H,10,11). The minimum Gasteiger partial charge on any atom is -0.365 e. The number of thiocarbonyl (C=S) groups is 1. The van der Waals surface area contributed by atoms with Crippen molar-refractivity contribution in [3.63, 3.8) is 0 Å². The number of rotatable bonds is 0. The van der Waals surface area contributed by atoms with Gasteiger partial charge < -0.3 is 5.32 Å². The van der Waals surface area contributed by atoms with Crippen LogP contribution in [0, 0.1) is 0 Å². The molecule has 0 aromatic heterocycles. The topological polar surface area (TPSA) is 12.0 Å². The summed E-state index contributed by atoms with van der Waals surface area (Å²) in [7, 11) is 0. The van der Waals surface area contributed by atoms with Crippen LogP contribution in [0.3, 0.4) is 0 Å². The highest BCUT2D eigenvalue weighted by Gasteiger charge is 2.36. The molecule has 12 heavy (non-hydrogen) atoms. The van der Waals surface area contributed by atoms with Gasteiger partial charge >= 0.3 is 0 Å². The summed E-state index contributed by atoms with van der Waals surface area (Å²) in [4.78, 5) is 0.